The summed E-state index contributed by atoms with van der Waals surface area (Å²) in [5.41, 5.74) is 2.84. The van der Waals surface area contributed by atoms with E-state index >= 15 is 0 Å². The second-order valence-corrected chi connectivity index (χ2v) is 4.81. The van der Waals surface area contributed by atoms with Crippen molar-refractivity contribution in [3.63, 3.8) is 0 Å². The summed E-state index contributed by atoms with van der Waals surface area (Å²) < 4.78 is 1.65. The smallest absolute Gasteiger partial charge is 0.274 e. The van der Waals surface area contributed by atoms with Crippen molar-refractivity contribution >= 4 is 5.91 Å². The van der Waals surface area contributed by atoms with Crippen LogP contribution in [0.25, 0.3) is 5.69 Å². The van der Waals surface area contributed by atoms with Gasteiger partial charge in [-0.15, -0.1) is 5.10 Å². The Morgan fingerprint density at radius 3 is 2.73 bits per heavy atom. The van der Waals surface area contributed by atoms with E-state index in [9.17, 15) is 4.79 Å². The second-order valence-electron chi connectivity index (χ2n) is 4.81. The van der Waals surface area contributed by atoms with E-state index in [1.165, 1.54) is 0 Å². The van der Waals surface area contributed by atoms with Gasteiger partial charge in [0.15, 0.2) is 5.69 Å². The van der Waals surface area contributed by atoms with Crippen LogP contribution >= 0.6 is 0 Å². The minimum Gasteiger partial charge on any atom is -0.346 e. The van der Waals surface area contributed by atoms with Crippen molar-refractivity contribution < 1.29 is 4.79 Å². The van der Waals surface area contributed by atoms with E-state index in [1.54, 1.807) is 17.1 Å². The summed E-state index contributed by atoms with van der Waals surface area (Å²) in [5.74, 6) is -0.247. The number of aromatic nitrogens is 4. The van der Waals surface area contributed by atoms with E-state index in [0.717, 1.165) is 11.3 Å². The molecule has 2 heterocycles. The fourth-order valence-corrected chi connectivity index (χ4v) is 2.12. The number of pyridine rings is 1. The molecule has 0 fully saturated rings. The van der Waals surface area contributed by atoms with Gasteiger partial charge in [0.2, 0.25) is 0 Å². The third kappa shape index (κ3) is 2.85. The van der Waals surface area contributed by atoms with Crippen LogP contribution in [0.15, 0.2) is 54.9 Å². The van der Waals surface area contributed by atoms with Gasteiger partial charge >= 0.3 is 0 Å². The van der Waals surface area contributed by atoms with Crippen LogP contribution in [0.2, 0.25) is 0 Å². The van der Waals surface area contributed by atoms with E-state index < -0.39 is 0 Å². The van der Waals surface area contributed by atoms with Crippen LogP contribution in [0, 0.1) is 6.92 Å². The molecule has 0 bridgehead atoms. The average Bonchev–Trinajstić information content (AvgIpc) is 2.96. The maximum atomic E-state index is 12.2. The summed E-state index contributed by atoms with van der Waals surface area (Å²) in [6.45, 7) is 2.23. The van der Waals surface area contributed by atoms with Gasteiger partial charge in [0, 0.05) is 18.9 Å². The molecule has 0 atom stereocenters. The molecule has 0 spiro atoms. The van der Waals surface area contributed by atoms with Gasteiger partial charge < -0.3 is 5.32 Å². The summed E-state index contributed by atoms with van der Waals surface area (Å²) in [4.78, 5) is 16.2. The molecule has 6 heteroatoms. The van der Waals surface area contributed by atoms with Crippen LogP contribution in [-0.4, -0.2) is 25.9 Å². The van der Waals surface area contributed by atoms with E-state index in [0.29, 0.717) is 17.9 Å². The molecular formula is C16H15N5O. The number of hydrogen-bond donors (Lipinski definition) is 1. The lowest BCUT2D eigenvalue weighted by atomic mass is 10.2. The Morgan fingerprint density at radius 2 is 2.00 bits per heavy atom. The molecule has 1 aromatic carbocycles. The zero-order valence-corrected chi connectivity index (χ0v) is 12.1. The minimum atomic E-state index is -0.247. The number of carbonyl (C=O) groups excluding carboxylic acids is 1. The summed E-state index contributed by atoms with van der Waals surface area (Å²) in [7, 11) is 0. The number of hydrogen-bond acceptors (Lipinski definition) is 4. The van der Waals surface area contributed by atoms with Gasteiger partial charge in [-0.2, -0.15) is 0 Å². The van der Waals surface area contributed by atoms with Crippen molar-refractivity contribution in [2.45, 2.75) is 13.5 Å². The molecule has 0 radical (unpaired) electrons. The molecule has 6 nitrogen and oxygen atoms in total. The highest BCUT2D eigenvalue weighted by atomic mass is 16.2. The Hall–Kier alpha value is -3.02. The van der Waals surface area contributed by atoms with Crippen molar-refractivity contribution in [1.82, 2.24) is 25.3 Å². The van der Waals surface area contributed by atoms with Gasteiger partial charge in [0.25, 0.3) is 5.91 Å². The average molecular weight is 293 g/mol. The number of amides is 1. The largest absolute Gasteiger partial charge is 0.346 e. The number of carbonyl (C=O) groups is 1. The first-order valence-electron chi connectivity index (χ1n) is 6.90. The summed E-state index contributed by atoms with van der Waals surface area (Å²) in [6, 6.07) is 13.3. The number of para-hydroxylation sites is 1. The van der Waals surface area contributed by atoms with Crippen molar-refractivity contribution in [2.24, 2.45) is 0 Å². The highest BCUT2D eigenvalue weighted by Gasteiger charge is 2.16. The lowest BCUT2D eigenvalue weighted by Crippen LogP contribution is -2.24. The molecule has 3 rings (SSSR count). The summed E-state index contributed by atoms with van der Waals surface area (Å²) in [6.07, 6.45) is 3.41. The van der Waals surface area contributed by atoms with Crippen molar-refractivity contribution in [2.75, 3.05) is 0 Å². The van der Waals surface area contributed by atoms with Crippen molar-refractivity contribution in [3.05, 3.63) is 71.8 Å². The Kier molecular flexibility index (Phi) is 3.91. The van der Waals surface area contributed by atoms with Gasteiger partial charge in [0.1, 0.15) is 0 Å². The van der Waals surface area contributed by atoms with Gasteiger partial charge in [-0.1, -0.05) is 29.5 Å². The number of nitrogens with zero attached hydrogens (tertiary/aromatic N) is 4. The lowest BCUT2D eigenvalue weighted by molar-refractivity contribution is 0.0945. The Labute approximate surface area is 127 Å². The van der Waals surface area contributed by atoms with E-state index in [1.807, 2.05) is 49.4 Å². The quantitative estimate of drug-likeness (QED) is 0.797. The topological polar surface area (TPSA) is 72.7 Å². The van der Waals surface area contributed by atoms with Crippen LogP contribution in [-0.2, 0) is 6.54 Å². The molecule has 110 valence electrons. The van der Waals surface area contributed by atoms with E-state index in [2.05, 4.69) is 20.6 Å². The molecule has 0 saturated heterocycles. The highest BCUT2D eigenvalue weighted by molar-refractivity contribution is 5.93. The SMILES string of the molecule is Cc1c(C(=O)NCc2cccnc2)nnn1-c1ccccc1. The first kappa shape index (κ1) is 13.9. The standard InChI is InChI=1S/C16H15N5O/c1-12-15(16(22)18-11-13-6-5-9-17-10-13)19-20-21(12)14-7-3-2-4-8-14/h2-10H,11H2,1H3,(H,18,22). The molecule has 0 unspecified atom stereocenters. The maximum absolute atomic E-state index is 12.2. The van der Waals surface area contributed by atoms with E-state index in [4.69, 9.17) is 0 Å². The number of benzene rings is 1. The molecule has 0 aliphatic carbocycles. The minimum absolute atomic E-state index is 0.247. The molecular weight excluding hydrogens is 278 g/mol. The normalized spacial score (nSPS) is 10.4. The van der Waals surface area contributed by atoms with Crippen molar-refractivity contribution in [3.8, 4) is 5.69 Å². The number of nitrogens with one attached hydrogen (secondary N) is 1. The fraction of sp³-hybridized carbons (Fsp3) is 0.125. The highest BCUT2D eigenvalue weighted by Crippen LogP contribution is 2.11. The summed E-state index contributed by atoms with van der Waals surface area (Å²) in [5, 5.41) is 10.9. The third-order valence-electron chi connectivity index (χ3n) is 3.29. The first-order valence-corrected chi connectivity index (χ1v) is 6.90. The fourth-order valence-electron chi connectivity index (χ4n) is 2.12. The Balaban J connectivity index is 1.75. The predicted molar refractivity (Wildman–Crippen MR) is 81.5 cm³/mol. The van der Waals surface area contributed by atoms with Gasteiger partial charge in [0.05, 0.1) is 11.4 Å². The van der Waals surface area contributed by atoms with Gasteiger partial charge in [-0.25, -0.2) is 4.68 Å². The van der Waals surface area contributed by atoms with Gasteiger partial charge in [-0.05, 0) is 30.7 Å². The predicted octanol–water partition coefficient (Wildman–Crippen LogP) is 1.90. The maximum Gasteiger partial charge on any atom is 0.274 e. The van der Waals surface area contributed by atoms with Crippen LogP contribution in [0.3, 0.4) is 0 Å². The second kappa shape index (κ2) is 6.17. The molecule has 22 heavy (non-hydrogen) atoms. The van der Waals surface area contributed by atoms with Gasteiger partial charge in [-0.3, -0.25) is 9.78 Å². The molecule has 0 aliphatic heterocycles. The zero-order valence-electron chi connectivity index (χ0n) is 12.1. The monoisotopic (exact) mass is 293 g/mol. The molecule has 0 saturated carbocycles. The Morgan fingerprint density at radius 1 is 1.18 bits per heavy atom. The van der Waals surface area contributed by atoms with E-state index in [-0.39, 0.29) is 5.91 Å². The Bertz CT molecular complexity index is 768. The molecule has 2 aromatic heterocycles. The zero-order chi connectivity index (χ0) is 15.4. The van der Waals surface area contributed by atoms with Crippen LogP contribution in [0.5, 0.6) is 0 Å². The third-order valence-corrected chi connectivity index (χ3v) is 3.29. The number of rotatable bonds is 4. The summed E-state index contributed by atoms with van der Waals surface area (Å²) >= 11 is 0. The molecule has 0 aliphatic rings. The van der Waals surface area contributed by atoms with Crippen LogP contribution in [0.1, 0.15) is 21.7 Å². The molecule has 3 aromatic rings. The lowest BCUT2D eigenvalue weighted by Gasteiger charge is -2.05. The van der Waals surface area contributed by atoms with Crippen LogP contribution in [0.4, 0.5) is 0 Å². The van der Waals surface area contributed by atoms with Crippen LogP contribution < -0.4 is 5.32 Å². The molecule has 1 N–H and O–H groups in total. The van der Waals surface area contributed by atoms with Crippen molar-refractivity contribution in [1.29, 1.82) is 0 Å². The first-order chi connectivity index (χ1) is 10.8. The molecule has 1 amide bonds.